The zero-order chi connectivity index (χ0) is 101. The predicted octanol–water partition coefficient (Wildman–Crippen LogP) is 7.54. The van der Waals surface area contributed by atoms with Crippen LogP contribution in [0.1, 0.15) is 215 Å². The molecule has 137 heavy (non-hydrogen) atoms. The Bertz CT molecular complexity index is 4580. The van der Waals surface area contributed by atoms with Crippen LogP contribution >= 0.6 is 0 Å². The Morgan fingerprint density at radius 1 is 0.285 bits per heavy atom. The Balaban J connectivity index is 0.000000493. The van der Waals surface area contributed by atoms with Crippen LogP contribution in [0, 0.1) is 23.7 Å². The number of nitrogens with one attached hydrogen (secondary N) is 23. The smallest absolute Gasteiger partial charge is 0.315 e. The number of carbonyl (C=O) groups is 12. The third-order valence-corrected chi connectivity index (χ3v) is 23.8. The zero-order valence-electron chi connectivity index (χ0n) is 83.0. The molecule has 0 saturated carbocycles. The molecule has 6 aromatic rings. The van der Waals surface area contributed by atoms with Crippen LogP contribution in [0.4, 0.5) is 43.2 Å². The first kappa shape index (κ1) is 115. The van der Waals surface area contributed by atoms with Crippen molar-refractivity contribution in [2.75, 3.05) is 78.5 Å². The number of hydrogen-bond donors (Lipinski definition) is 28. The molecule has 21 amide bonds. The number of fused-ring (bicyclic) bond motifs is 3. The molecular weight excluding hydrogens is 1750 g/mol. The summed E-state index contributed by atoms with van der Waals surface area (Å²) in [7, 11) is 0. The van der Waals surface area contributed by atoms with E-state index in [1.54, 1.807) is 0 Å². The highest BCUT2D eigenvalue weighted by molar-refractivity contribution is 5.87. The van der Waals surface area contributed by atoms with Gasteiger partial charge in [-0.3, -0.25) is 14.4 Å². The van der Waals surface area contributed by atoms with Gasteiger partial charge in [0.15, 0.2) is 0 Å². The van der Waals surface area contributed by atoms with E-state index < -0.39 is 78.3 Å². The van der Waals surface area contributed by atoms with Crippen molar-refractivity contribution in [3.05, 3.63) is 108 Å². The molecule has 0 fully saturated rings. The van der Waals surface area contributed by atoms with Crippen molar-refractivity contribution in [1.82, 2.24) is 121 Å². The Hall–Kier alpha value is -12.0. The Morgan fingerprint density at radius 2 is 0.577 bits per heavy atom. The van der Waals surface area contributed by atoms with Crippen molar-refractivity contribution in [2.45, 2.75) is 290 Å². The molecule has 33 N–H and O–H groups in total. The quantitative estimate of drug-likeness (QED) is 0.0164. The van der Waals surface area contributed by atoms with Gasteiger partial charge in [-0.1, -0.05) is 143 Å². The van der Waals surface area contributed by atoms with Crippen LogP contribution in [0.3, 0.4) is 0 Å². The fourth-order valence-electron chi connectivity index (χ4n) is 15.6. The lowest BCUT2D eigenvalue weighted by Crippen LogP contribution is -2.55. The maximum atomic E-state index is 13.5. The summed E-state index contributed by atoms with van der Waals surface area (Å²) in [6.07, 6.45) is 17.8. The molecule has 6 rings (SSSR count). The molecule has 40 heteroatoms. The number of H-pyrrole nitrogens is 3. The van der Waals surface area contributed by atoms with Crippen LogP contribution < -0.4 is 135 Å². The fourth-order valence-corrected chi connectivity index (χ4v) is 15.6. The number of benzene rings is 3. The van der Waals surface area contributed by atoms with Crippen molar-refractivity contribution >= 4 is 105 Å². The molecule has 0 spiro atoms. The second kappa shape index (κ2) is 64.9. The zero-order valence-corrected chi connectivity index (χ0v) is 83.0. The van der Waals surface area contributed by atoms with Crippen molar-refractivity contribution in [3.8, 4) is 0 Å². The first-order valence-electron chi connectivity index (χ1n) is 49.3. The van der Waals surface area contributed by atoms with Gasteiger partial charge in [-0.25, -0.2) is 43.2 Å². The molecular formula is C97H166N28O12. The summed E-state index contributed by atoms with van der Waals surface area (Å²) in [5.74, 6) is -0.586. The number of para-hydroxylation sites is 3. The van der Waals surface area contributed by atoms with E-state index in [9.17, 15) is 57.5 Å². The van der Waals surface area contributed by atoms with E-state index in [0.29, 0.717) is 90.4 Å². The maximum Gasteiger partial charge on any atom is 0.315 e. The predicted molar refractivity (Wildman–Crippen MR) is 542 cm³/mol. The van der Waals surface area contributed by atoms with E-state index in [-0.39, 0.29) is 155 Å². The number of hydrogen-bond acceptors (Lipinski definition) is 16. The molecule has 0 aliphatic rings. The number of carbonyl (C=O) groups excluding carboxylic acids is 12. The Morgan fingerprint density at radius 3 is 0.920 bits per heavy atom. The first-order valence-corrected chi connectivity index (χ1v) is 49.3. The number of unbranched alkanes of at least 4 members (excludes halogenated alkanes) is 4. The lowest BCUT2D eigenvalue weighted by molar-refractivity contribution is -0.123. The molecule has 0 aliphatic heterocycles. The third kappa shape index (κ3) is 47.5. The fraction of sp³-hybridized carbons (Fsp3) is 0.629. The van der Waals surface area contributed by atoms with Crippen LogP contribution in [0.2, 0.25) is 0 Å². The molecule has 3 heterocycles. The summed E-state index contributed by atoms with van der Waals surface area (Å²) >= 11 is 0. The van der Waals surface area contributed by atoms with E-state index >= 15 is 0 Å². The van der Waals surface area contributed by atoms with Crippen molar-refractivity contribution in [1.29, 1.82) is 0 Å². The molecule has 40 nitrogen and oxygen atoms in total. The summed E-state index contributed by atoms with van der Waals surface area (Å²) < 4.78 is 0. The highest BCUT2D eigenvalue weighted by atomic mass is 16.2. The number of nitrogens with two attached hydrogens (primary N) is 5. The average Bonchev–Trinajstić information content (AvgIpc) is 1.67. The van der Waals surface area contributed by atoms with E-state index in [4.69, 9.17) is 28.7 Å². The van der Waals surface area contributed by atoms with Gasteiger partial charge in [-0.05, 0) is 195 Å². The summed E-state index contributed by atoms with van der Waals surface area (Å²) in [4.78, 5) is 165. The normalized spacial score (nSPS) is 13.7. The second-order valence-corrected chi connectivity index (χ2v) is 37.3. The Labute approximate surface area is 808 Å². The van der Waals surface area contributed by atoms with Crippen molar-refractivity contribution < 1.29 is 57.5 Å². The molecule has 0 aliphatic carbocycles. The summed E-state index contributed by atoms with van der Waals surface area (Å²) in [5, 5.41) is 62.0. The lowest BCUT2D eigenvalue weighted by atomic mass is 9.99. The molecule has 11 atom stereocenters. The van der Waals surface area contributed by atoms with Gasteiger partial charge in [0.05, 0.1) is 12.1 Å². The van der Waals surface area contributed by atoms with Crippen LogP contribution in [-0.2, 0) is 33.6 Å². The summed E-state index contributed by atoms with van der Waals surface area (Å²) in [6.45, 7) is 26.5. The number of aromatic nitrogens is 3. The molecule has 3 aromatic heterocycles. The third-order valence-electron chi connectivity index (χ3n) is 23.8. The topological polar surface area (TPSA) is 623 Å². The maximum absolute atomic E-state index is 13.5. The van der Waals surface area contributed by atoms with Crippen LogP contribution in [0.15, 0.2) is 91.4 Å². The molecule has 0 saturated heterocycles. The standard InChI is InChI=1S/C54H89N15O6.C43H77N13O6/c1-34(2)47(68-49(70)23-22-40(65-54(75)63-36(5)6)27-39-29-58-46-21-11-9-19-44(39)46)32-61-51(72)67-42(17-13-15-25-56)31-60-53(74)69-48(35(3)4)33-62-52(73)66-41(16-12-14-24-55)30-59-50(71)64-37(7)26-38-28-57-45-20-10-8-18-43(38)45;1-6-13-39(58)55-37(29(4)5)27-51-42(61)53-31(14-9-11-20-44)24-48-41(60)54-33(22-30-23-47-36-17-8-7-16-34(30)36)26-50-40(59)52-32(15-10-12-21-45)25-49-43(62)56-35(28(2)3)18-19-38(46)57/h8-11,18-21,28-29,34-37,40-42,47-48,57-58H,12-17,22-27,30-33,55-56H2,1-7H3,(H,68,70)(H2,59,64,71)(H2,60,69,74)(H2,61,67,72)(H2,62,66,73)(H2,63,65,75);7-8,16-17,23,28-29,31-33,35,37,47H,6,9-15,18-22,24-27,44-45H2,1-5H3,(H2,46,57)(H,55,58)(H2,48,54,60)(H2,49,56,62)(H2,50,52,59)(H2,51,53,61)/t37-,40-,41+,42+,47-,48-;31-,32-,33-,35+,37+/m10/s1. The van der Waals surface area contributed by atoms with E-state index in [0.717, 1.165) is 107 Å². The number of rotatable bonds is 62. The van der Waals surface area contributed by atoms with Gasteiger partial charge < -0.3 is 150 Å². The number of primary amides is 1. The summed E-state index contributed by atoms with van der Waals surface area (Å²) in [6, 6.07) is 16.1. The Kier molecular flexibility index (Phi) is 54.7. The van der Waals surface area contributed by atoms with E-state index in [1.807, 2.05) is 168 Å². The van der Waals surface area contributed by atoms with Gasteiger partial charge in [-0.2, -0.15) is 0 Å². The first-order chi connectivity index (χ1) is 65.6. The minimum atomic E-state index is -0.546. The number of urea groups is 9. The van der Waals surface area contributed by atoms with Gasteiger partial charge in [0.1, 0.15) is 0 Å². The van der Waals surface area contributed by atoms with Crippen molar-refractivity contribution in [3.63, 3.8) is 0 Å². The lowest BCUT2D eigenvalue weighted by Gasteiger charge is -2.26. The van der Waals surface area contributed by atoms with Crippen LogP contribution in [-0.4, -0.2) is 238 Å². The van der Waals surface area contributed by atoms with Gasteiger partial charge >= 0.3 is 54.3 Å². The van der Waals surface area contributed by atoms with Gasteiger partial charge in [0.2, 0.25) is 17.7 Å². The molecule has 0 radical (unpaired) electrons. The SMILES string of the molecule is CC(C)NC(=O)N[C@H](CCC(=O)N[C@H](CNC(=O)N[C@@H](CCCCN)CNC(=O)N[C@H](CNC(=O)N[C@@H](CCCCN)CNC(=O)N[C@H](C)Cc1c[nH]c2ccccc12)C(C)C)C(C)C)Cc1c[nH]c2ccccc12.CCCC(=O)N[C@H](CNC(=O)N[C@@H](CCCCN)CNC(=O)N[C@H](CNC(=O)N[C@@H](CCCCN)CNC(=O)N[C@H](CCC(N)=O)C(C)C)Cc1c[nH]c2ccccc12)C(C)C. The average molecular weight is 1920 g/mol. The van der Waals surface area contributed by atoms with Gasteiger partial charge in [-0.15, -0.1) is 0 Å². The largest absolute Gasteiger partial charge is 0.370 e. The van der Waals surface area contributed by atoms with Crippen LogP contribution in [0.5, 0.6) is 0 Å². The highest BCUT2D eigenvalue weighted by Crippen LogP contribution is 2.24. The minimum absolute atomic E-state index is 0.0127. The number of amides is 21. The molecule has 0 bridgehead atoms. The second-order valence-electron chi connectivity index (χ2n) is 37.3. The molecule has 0 unspecified atom stereocenters. The minimum Gasteiger partial charge on any atom is -0.370 e. The van der Waals surface area contributed by atoms with Gasteiger partial charge in [0, 0.05) is 183 Å². The summed E-state index contributed by atoms with van der Waals surface area (Å²) in [5.41, 5.74) is 34.4. The molecule has 766 valence electrons. The highest BCUT2D eigenvalue weighted by Gasteiger charge is 2.28. The van der Waals surface area contributed by atoms with Crippen LogP contribution in [0.25, 0.3) is 32.7 Å². The monoisotopic (exact) mass is 1920 g/mol. The molecule has 3 aromatic carbocycles. The number of aromatic amines is 3. The van der Waals surface area contributed by atoms with Crippen molar-refractivity contribution in [2.24, 2.45) is 52.3 Å². The van der Waals surface area contributed by atoms with Gasteiger partial charge in [0.25, 0.3) is 0 Å². The van der Waals surface area contributed by atoms with E-state index in [1.165, 1.54) is 0 Å². The van der Waals surface area contributed by atoms with E-state index in [2.05, 4.69) is 127 Å².